The number of carboxylic acid groups (broad SMARTS) is 1. The summed E-state index contributed by atoms with van der Waals surface area (Å²) in [5.41, 5.74) is 1.59. The van der Waals surface area contributed by atoms with E-state index in [9.17, 15) is 9.90 Å². The molecule has 0 aliphatic carbocycles. The van der Waals surface area contributed by atoms with Crippen molar-refractivity contribution in [2.24, 2.45) is 0 Å². The summed E-state index contributed by atoms with van der Waals surface area (Å²) in [6, 6.07) is 8.92. The maximum absolute atomic E-state index is 11.6. The van der Waals surface area contributed by atoms with Gasteiger partial charge >= 0.3 is 5.97 Å². The highest BCUT2D eigenvalue weighted by Crippen LogP contribution is 2.36. The van der Waals surface area contributed by atoms with Gasteiger partial charge in [0.2, 0.25) is 0 Å². The van der Waals surface area contributed by atoms with E-state index in [1.807, 2.05) is 38.1 Å². The molecule has 6 heteroatoms. The van der Waals surface area contributed by atoms with Gasteiger partial charge in [-0.05, 0) is 23.8 Å². The van der Waals surface area contributed by atoms with Crippen molar-refractivity contribution in [1.82, 2.24) is 4.98 Å². The maximum Gasteiger partial charge on any atom is 0.339 e. The van der Waals surface area contributed by atoms with Gasteiger partial charge in [-0.1, -0.05) is 43.5 Å². The van der Waals surface area contributed by atoms with Gasteiger partial charge in [-0.25, -0.2) is 9.78 Å². The number of benzene rings is 1. The van der Waals surface area contributed by atoms with Crippen LogP contribution in [0.1, 0.15) is 41.0 Å². The molecule has 0 amide bonds. The van der Waals surface area contributed by atoms with Crippen LogP contribution in [0.5, 0.6) is 5.75 Å². The Morgan fingerprint density at radius 2 is 2.00 bits per heavy atom. The van der Waals surface area contributed by atoms with Gasteiger partial charge in [-0.2, -0.15) is 0 Å². The normalized spacial score (nSPS) is 11.0. The number of halogens is 2. The van der Waals surface area contributed by atoms with Crippen molar-refractivity contribution < 1.29 is 14.6 Å². The molecular weight excluding hydrogens is 361 g/mol. The lowest BCUT2D eigenvalue weighted by Gasteiger charge is -2.26. The molecule has 4 nitrogen and oxygen atoms in total. The number of aromatic nitrogens is 1. The Bertz CT molecular complexity index is 824. The van der Waals surface area contributed by atoms with Crippen molar-refractivity contribution in [2.75, 3.05) is 12.5 Å². The monoisotopic (exact) mass is 377 g/mol. The number of rotatable bonds is 6. The zero-order valence-electron chi connectivity index (χ0n) is 13.8. The Kier molecular flexibility index (Phi) is 5.94. The molecule has 2 rings (SSSR count). The molecular formula is C19H17Cl2NO3. The van der Waals surface area contributed by atoms with Crippen molar-refractivity contribution in [3.05, 3.63) is 57.9 Å². The van der Waals surface area contributed by atoms with Crippen molar-refractivity contribution in [1.29, 1.82) is 0 Å². The smallest absolute Gasteiger partial charge is 0.339 e. The average Bonchev–Trinajstić information content (AvgIpc) is 2.59. The Morgan fingerprint density at radius 3 is 2.52 bits per heavy atom. The van der Waals surface area contributed by atoms with Crippen LogP contribution in [-0.4, -0.2) is 28.5 Å². The first-order chi connectivity index (χ1) is 11.8. The number of nitrogens with zero attached hydrogens (tertiary/aromatic N) is 1. The standard InChI is InChI=1S/C19H17Cl2NO3/c1-4-12-5-7-13(8-6-12)19(2,3)15-11-14(18(23)24)16(17(21)22-15)25-10-9-20/h1,5-8,11H,9-10H2,2-3H3,(H,23,24). The molecule has 0 spiro atoms. The lowest BCUT2D eigenvalue weighted by Crippen LogP contribution is -2.22. The lowest BCUT2D eigenvalue weighted by atomic mass is 9.80. The molecule has 0 saturated carbocycles. The molecule has 1 aromatic carbocycles. The second-order valence-electron chi connectivity index (χ2n) is 5.86. The highest BCUT2D eigenvalue weighted by molar-refractivity contribution is 6.31. The third-order valence-corrected chi connectivity index (χ3v) is 4.31. The van der Waals surface area contributed by atoms with E-state index in [1.54, 1.807) is 0 Å². The second kappa shape index (κ2) is 7.77. The van der Waals surface area contributed by atoms with Crippen LogP contribution >= 0.6 is 23.2 Å². The Hall–Kier alpha value is -2.22. The summed E-state index contributed by atoms with van der Waals surface area (Å²) >= 11 is 11.8. The molecule has 1 N–H and O–H groups in total. The zero-order valence-corrected chi connectivity index (χ0v) is 15.4. The second-order valence-corrected chi connectivity index (χ2v) is 6.60. The summed E-state index contributed by atoms with van der Waals surface area (Å²) in [6.45, 7) is 4.00. The number of ether oxygens (including phenoxy) is 1. The average molecular weight is 378 g/mol. The minimum absolute atomic E-state index is 0.00617. The third-order valence-electron chi connectivity index (χ3n) is 3.90. The van der Waals surface area contributed by atoms with Crippen molar-refractivity contribution >= 4 is 29.2 Å². The Morgan fingerprint density at radius 1 is 1.36 bits per heavy atom. The van der Waals surface area contributed by atoms with Crippen LogP contribution in [0.3, 0.4) is 0 Å². The molecule has 1 heterocycles. The van der Waals surface area contributed by atoms with Crippen LogP contribution in [0.15, 0.2) is 30.3 Å². The highest BCUT2D eigenvalue weighted by Gasteiger charge is 2.29. The van der Waals surface area contributed by atoms with E-state index in [2.05, 4.69) is 10.9 Å². The lowest BCUT2D eigenvalue weighted by molar-refractivity contribution is 0.0692. The van der Waals surface area contributed by atoms with Crippen LogP contribution in [0, 0.1) is 12.3 Å². The zero-order chi connectivity index (χ0) is 18.6. The van der Waals surface area contributed by atoms with E-state index in [-0.39, 0.29) is 29.0 Å². The van der Waals surface area contributed by atoms with Crippen molar-refractivity contribution in [2.45, 2.75) is 19.3 Å². The summed E-state index contributed by atoms with van der Waals surface area (Å²) in [5, 5.41) is 9.49. The molecule has 0 bridgehead atoms. The summed E-state index contributed by atoms with van der Waals surface area (Å²) in [5.74, 6) is 1.66. The Labute approximate surface area is 156 Å². The molecule has 0 atom stereocenters. The van der Waals surface area contributed by atoms with Gasteiger partial charge in [-0.15, -0.1) is 18.0 Å². The van der Waals surface area contributed by atoms with Crippen molar-refractivity contribution in [3.8, 4) is 18.1 Å². The van der Waals surface area contributed by atoms with Crippen molar-refractivity contribution in [3.63, 3.8) is 0 Å². The molecule has 0 aliphatic rings. The topological polar surface area (TPSA) is 59.4 Å². The number of terminal acetylenes is 1. The minimum Gasteiger partial charge on any atom is -0.488 e. The van der Waals surface area contributed by atoms with Crippen LogP contribution < -0.4 is 4.74 Å². The Balaban J connectivity index is 2.53. The number of aromatic carboxylic acids is 1. The van der Waals surface area contributed by atoms with E-state index in [0.717, 1.165) is 11.1 Å². The summed E-state index contributed by atoms with van der Waals surface area (Å²) < 4.78 is 5.35. The van der Waals surface area contributed by atoms with Gasteiger partial charge in [0, 0.05) is 11.0 Å². The van der Waals surface area contributed by atoms with E-state index < -0.39 is 11.4 Å². The molecule has 0 saturated heterocycles. The van der Waals surface area contributed by atoms with Crippen LogP contribution in [0.2, 0.25) is 5.15 Å². The van der Waals surface area contributed by atoms with E-state index in [1.165, 1.54) is 6.07 Å². The fourth-order valence-electron chi connectivity index (χ4n) is 2.39. The van der Waals surface area contributed by atoms with Crippen LogP contribution in [0.25, 0.3) is 0 Å². The first-order valence-electron chi connectivity index (χ1n) is 7.51. The first kappa shape index (κ1) is 19.1. The quantitative estimate of drug-likeness (QED) is 0.461. The molecule has 0 aliphatic heterocycles. The van der Waals surface area contributed by atoms with Gasteiger partial charge in [0.15, 0.2) is 10.9 Å². The van der Waals surface area contributed by atoms with Gasteiger partial charge in [0.05, 0.1) is 11.6 Å². The van der Waals surface area contributed by atoms with Gasteiger partial charge < -0.3 is 9.84 Å². The summed E-state index contributed by atoms with van der Waals surface area (Å²) in [6.07, 6.45) is 5.38. The van der Waals surface area contributed by atoms with Crippen LogP contribution in [0.4, 0.5) is 0 Å². The molecule has 130 valence electrons. The largest absolute Gasteiger partial charge is 0.488 e. The molecule has 2 aromatic rings. The minimum atomic E-state index is -1.14. The van der Waals surface area contributed by atoms with E-state index >= 15 is 0 Å². The van der Waals surface area contributed by atoms with E-state index in [4.69, 9.17) is 34.4 Å². The number of pyridine rings is 1. The number of alkyl halides is 1. The molecule has 1 aromatic heterocycles. The first-order valence-corrected chi connectivity index (χ1v) is 8.42. The predicted octanol–water partition coefficient (Wildman–Crippen LogP) is 4.36. The fourth-order valence-corrected chi connectivity index (χ4v) is 2.71. The van der Waals surface area contributed by atoms with E-state index in [0.29, 0.717) is 5.69 Å². The van der Waals surface area contributed by atoms with Gasteiger partial charge in [0.25, 0.3) is 0 Å². The summed E-state index contributed by atoms with van der Waals surface area (Å²) in [7, 11) is 0. The number of carbonyl (C=O) groups is 1. The molecule has 0 unspecified atom stereocenters. The maximum atomic E-state index is 11.6. The van der Waals surface area contributed by atoms with Gasteiger partial charge in [-0.3, -0.25) is 0 Å². The predicted molar refractivity (Wildman–Crippen MR) is 98.9 cm³/mol. The number of carboxylic acids is 1. The molecule has 0 radical (unpaired) electrons. The molecule has 25 heavy (non-hydrogen) atoms. The van der Waals surface area contributed by atoms with Gasteiger partial charge in [0.1, 0.15) is 12.2 Å². The number of hydrogen-bond donors (Lipinski definition) is 1. The molecule has 0 fully saturated rings. The number of hydrogen-bond acceptors (Lipinski definition) is 3. The third kappa shape index (κ3) is 4.07. The fraction of sp³-hybridized carbons (Fsp3) is 0.263. The summed E-state index contributed by atoms with van der Waals surface area (Å²) in [4.78, 5) is 16.0. The SMILES string of the molecule is C#Cc1ccc(C(C)(C)c2cc(C(=O)O)c(OCCCl)c(Cl)n2)cc1. The highest BCUT2D eigenvalue weighted by atomic mass is 35.5. The van der Waals surface area contributed by atoms with Crippen LogP contribution in [-0.2, 0) is 5.41 Å².